The molecule has 0 saturated carbocycles. The molecule has 0 aliphatic heterocycles. The summed E-state index contributed by atoms with van der Waals surface area (Å²) in [4.78, 5) is 32.8. The normalized spacial score (nSPS) is 11.5. The van der Waals surface area contributed by atoms with Gasteiger partial charge in [-0.1, -0.05) is 0 Å². The topological polar surface area (TPSA) is 62.8 Å². The third kappa shape index (κ3) is 3.05. The lowest BCUT2D eigenvalue weighted by molar-refractivity contribution is 0.104. The zero-order chi connectivity index (χ0) is 17.3. The van der Waals surface area contributed by atoms with Crippen molar-refractivity contribution >= 4 is 45.2 Å². The Labute approximate surface area is 145 Å². The van der Waals surface area contributed by atoms with Gasteiger partial charge in [-0.05, 0) is 48.4 Å². The molecular weight excluding hydrogens is 347 g/mol. The van der Waals surface area contributed by atoms with E-state index in [0.717, 1.165) is 10.2 Å². The van der Waals surface area contributed by atoms with Crippen LogP contribution in [0.25, 0.3) is 16.3 Å². The minimum atomic E-state index is -0.438. The van der Waals surface area contributed by atoms with E-state index >= 15 is 0 Å². The summed E-state index contributed by atoms with van der Waals surface area (Å²) in [6.45, 7) is 1.56. The maximum absolute atomic E-state index is 13.5. The van der Waals surface area contributed by atoms with Crippen LogP contribution >= 0.6 is 23.1 Å². The molecule has 0 saturated heterocycles. The van der Waals surface area contributed by atoms with E-state index in [-0.39, 0.29) is 5.56 Å². The van der Waals surface area contributed by atoms with E-state index in [1.807, 2.05) is 17.7 Å². The highest BCUT2D eigenvalue weighted by molar-refractivity contribution is 7.99. The SMILES string of the molecule is CSc1c(C(=O)/C=C/c2cnc(C)c(F)c2)c(=O)[nH]c2sccc12. The third-order valence-corrected chi connectivity index (χ3v) is 5.18. The van der Waals surface area contributed by atoms with Crippen LogP contribution in [0.1, 0.15) is 21.6 Å². The van der Waals surface area contributed by atoms with E-state index in [4.69, 9.17) is 0 Å². The molecule has 0 bridgehead atoms. The molecule has 0 atom stereocenters. The first-order valence-corrected chi connectivity index (χ1v) is 9.13. The summed E-state index contributed by atoms with van der Waals surface area (Å²) in [5, 5.41) is 2.72. The van der Waals surface area contributed by atoms with Crippen molar-refractivity contribution in [2.45, 2.75) is 11.8 Å². The van der Waals surface area contributed by atoms with E-state index in [1.165, 1.54) is 47.5 Å². The second-order valence-electron chi connectivity index (χ2n) is 5.06. The Bertz CT molecular complexity index is 1020. The van der Waals surface area contributed by atoms with Crippen molar-refractivity contribution in [3.8, 4) is 0 Å². The summed E-state index contributed by atoms with van der Waals surface area (Å²) in [7, 11) is 0. The van der Waals surface area contributed by atoms with Crippen LogP contribution in [-0.4, -0.2) is 22.0 Å². The van der Waals surface area contributed by atoms with Crippen LogP contribution in [0.2, 0.25) is 0 Å². The molecule has 122 valence electrons. The Hall–Kier alpha value is -2.25. The Morgan fingerprint density at radius 1 is 1.46 bits per heavy atom. The number of ketones is 1. The smallest absolute Gasteiger partial charge is 0.261 e. The molecule has 0 aliphatic rings. The quantitative estimate of drug-likeness (QED) is 0.433. The molecule has 0 aliphatic carbocycles. The number of H-pyrrole nitrogens is 1. The van der Waals surface area contributed by atoms with Crippen molar-refractivity contribution in [3.63, 3.8) is 0 Å². The number of carbonyl (C=O) groups is 1. The van der Waals surface area contributed by atoms with Gasteiger partial charge >= 0.3 is 0 Å². The number of aryl methyl sites for hydroxylation is 1. The number of thiophene rings is 1. The zero-order valence-electron chi connectivity index (χ0n) is 12.9. The van der Waals surface area contributed by atoms with E-state index in [9.17, 15) is 14.0 Å². The van der Waals surface area contributed by atoms with Gasteiger partial charge in [-0.3, -0.25) is 14.6 Å². The largest absolute Gasteiger partial charge is 0.313 e. The summed E-state index contributed by atoms with van der Waals surface area (Å²) in [6.07, 6.45) is 6.03. The number of carbonyl (C=O) groups excluding carboxylic acids is 1. The van der Waals surface area contributed by atoms with Gasteiger partial charge < -0.3 is 4.98 Å². The van der Waals surface area contributed by atoms with Crippen LogP contribution in [0.5, 0.6) is 0 Å². The van der Waals surface area contributed by atoms with E-state index < -0.39 is 17.2 Å². The molecule has 0 amide bonds. The van der Waals surface area contributed by atoms with Gasteiger partial charge in [0.05, 0.1) is 5.69 Å². The van der Waals surface area contributed by atoms with Crippen molar-refractivity contribution in [2.24, 2.45) is 0 Å². The van der Waals surface area contributed by atoms with Crippen LogP contribution < -0.4 is 5.56 Å². The van der Waals surface area contributed by atoms with Gasteiger partial charge in [0.1, 0.15) is 16.2 Å². The standard InChI is InChI=1S/C17H13FN2O2S2/c1-9-12(18)7-10(8-19-9)3-4-13(21)14-15(23-2)11-5-6-24-17(11)20-16(14)22/h3-8H,1-2H3,(H,20,22)/b4-3+. The number of allylic oxidation sites excluding steroid dienone is 1. The fraction of sp³-hybridized carbons (Fsp3) is 0.118. The average Bonchev–Trinajstić information content (AvgIpc) is 3.02. The first-order chi connectivity index (χ1) is 11.5. The Morgan fingerprint density at radius 3 is 2.96 bits per heavy atom. The molecule has 3 rings (SSSR count). The first-order valence-electron chi connectivity index (χ1n) is 7.03. The van der Waals surface area contributed by atoms with Gasteiger partial charge in [0.2, 0.25) is 0 Å². The fourth-order valence-electron chi connectivity index (χ4n) is 2.29. The van der Waals surface area contributed by atoms with Crippen LogP contribution in [0.3, 0.4) is 0 Å². The van der Waals surface area contributed by atoms with E-state index in [1.54, 1.807) is 6.92 Å². The van der Waals surface area contributed by atoms with Crippen molar-refractivity contribution in [1.82, 2.24) is 9.97 Å². The van der Waals surface area contributed by atoms with Crippen LogP contribution in [0.15, 0.2) is 39.5 Å². The summed E-state index contributed by atoms with van der Waals surface area (Å²) < 4.78 is 13.5. The molecule has 3 aromatic heterocycles. The minimum Gasteiger partial charge on any atom is -0.313 e. The molecule has 24 heavy (non-hydrogen) atoms. The van der Waals surface area contributed by atoms with E-state index in [0.29, 0.717) is 16.2 Å². The van der Waals surface area contributed by atoms with Gasteiger partial charge in [0.25, 0.3) is 5.56 Å². The number of halogens is 1. The van der Waals surface area contributed by atoms with Gasteiger partial charge in [0, 0.05) is 16.5 Å². The molecule has 0 radical (unpaired) electrons. The monoisotopic (exact) mass is 360 g/mol. The number of pyridine rings is 2. The maximum atomic E-state index is 13.5. The Morgan fingerprint density at radius 2 is 2.25 bits per heavy atom. The Kier molecular flexibility index (Phi) is 4.64. The third-order valence-electron chi connectivity index (χ3n) is 3.52. The van der Waals surface area contributed by atoms with Gasteiger partial charge in [-0.2, -0.15) is 0 Å². The lowest BCUT2D eigenvalue weighted by Gasteiger charge is -2.05. The Balaban J connectivity index is 2.02. The van der Waals surface area contributed by atoms with Gasteiger partial charge in [-0.15, -0.1) is 23.1 Å². The summed E-state index contributed by atoms with van der Waals surface area (Å²) in [6, 6.07) is 3.18. The van der Waals surface area contributed by atoms with Gasteiger partial charge in [0.15, 0.2) is 5.78 Å². The second kappa shape index (κ2) is 6.70. The molecule has 0 spiro atoms. The molecule has 1 N–H and O–H groups in total. The highest BCUT2D eigenvalue weighted by Crippen LogP contribution is 2.30. The number of nitrogens with zero attached hydrogens (tertiary/aromatic N) is 1. The van der Waals surface area contributed by atoms with Crippen molar-refractivity contribution < 1.29 is 9.18 Å². The lowest BCUT2D eigenvalue weighted by atomic mass is 10.1. The van der Waals surface area contributed by atoms with Crippen LogP contribution in [0.4, 0.5) is 4.39 Å². The van der Waals surface area contributed by atoms with Crippen LogP contribution in [0, 0.1) is 12.7 Å². The molecule has 3 heterocycles. The zero-order valence-corrected chi connectivity index (χ0v) is 14.6. The molecule has 7 heteroatoms. The molecule has 0 aromatic carbocycles. The number of hydrogen-bond acceptors (Lipinski definition) is 5. The summed E-state index contributed by atoms with van der Waals surface area (Å²) in [5.74, 6) is -0.860. The number of aromatic nitrogens is 2. The van der Waals surface area contributed by atoms with Gasteiger partial charge in [-0.25, -0.2) is 4.39 Å². The number of hydrogen-bond donors (Lipinski definition) is 1. The first kappa shape index (κ1) is 16.6. The number of nitrogens with one attached hydrogen (secondary N) is 1. The number of aromatic amines is 1. The average molecular weight is 360 g/mol. The predicted molar refractivity (Wildman–Crippen MR) is 96.5 cm³/mol. The highest BCUT2D eigenvalue weighted by atomic mass is 32.2. The van der Waals surface area contributed by atoms with Crippen LogP contribution in [-0.2, 0) is 0 Å². The number of thioether (sulfide) groups is 1. The van der Waals surface area contributed by atoms with Crippen molar-refractivity contribution in [2.75, 3.05) is 6.26 Å². The molecule has 0 unspecified atom stereocenters. The predicted octanol–water partition coefficient (Wildman–Crippen LogP) is 4.05. The molecule has 0 fully saturated rings. The fourth-order valence-corrected chi connectivity index (χ4v) is 3.93. The molecule has 3 aromatic rings. The summed E-state index contributed by atoms with van der Waals surface area (Å²) >= 11 is 2.77. The highest BCUT2D eigenvalue weighted by Gasteiger charge is 2.17. The van der Waals surface area contributed by atoms with E-state index in [2.05, 4.69) is 9.97 Å². The van der Waals surface area contributed by atoms with Crippen molar-refractivity contribution in [3.05, 3.63) is 62.8 Å². The summed E-state index contributed by atoms with van der Waals surface area (Å²) in [5.41, 5.74) is 0.440. The second-order valence-corrected chi connectivity index (χ2v) is 6.79. The molecule has 4 nitrogen and oxygen atoms in total. The number of fused-ring (bicyclic) bond motifs is 1. The van der Waals surface area contributed by atoms with Crippen molar-refractivity contribution in [1.29, 1.82) is 0 Å². The maximum Gasteiger partial charge on any atom is 0.261 e. The number of rotatable bonds is 4. The lowest BCUT2D eigenvalue weighted by Crippen LogP contribution is -2.17. The minimum absolute atomic E-state index is 0.102. The molecular formula is C17H13FN2O2S2.